The van der Waals surface area contributed by atoms with Crippen molar-refractivity contribution >= 4 is 33.2 Å². The zero-order chi connectivity index (χ0) is 23.3. The fourth-order valence-corrected chi connectivity index (χ4v) is 4.91. The molecular formula is C24H25ClN2O4S. The minimum absolute atomic E-state index is 0.0824. The van der Waals surface area contributed by atoms with Crippen molar-refractivity contribution in [1.82, 2.24) is 5.32 Å². The predicted molar refractivity (Wildman–Crippen MR) is 127 cm³/mol. The first-order chi connectivity index (χ1) is 15.2. The maximum Gasteiger partial charge on any atom is 0.264 e. The summed E-state index contributed by atoms with van der Waals surface area (Å²) in [5.74, 6) is 0.255. The molecule has 0 saturated heterocycles. The molecule has 0 aliphatic heterocycles. The molecule has 0 saturated carbocycles. The Morgan fingerprint density at radius 1 is 1.03 bits per heavy atom. The summed E-state index contributed by atoms with van der Waals surface area (Å²) in [7, 11) is -2.45. The molecule has 6 nitrogen and oxygen atoms in total. The van der Waals surface area contributed by atoms with E-state index in [1.54, 1.807) is 55.6 Å². The summed E-state index contributed by atoms with van der Waals surface area (Å²) in [6.07, 6.45) is 0. The van der Waals surface area contributed by atoms with Gasteiger partial charge in [0.05, 0.1) is 28.8 Å². The van der Waals surface area contributed by atoms with Gasteiger partial charge in [-0.05, 0) is 55.8 Å². The van der Waals surface area contributed by atoms with E-state index in [0.717, 1.165) is 15.4 Å². The maximum absolute atomic E-state index is 13.4. The lowest BCUT2D eigenvalue weighted by molar-refractivity contribution is -0.120. The number of para-hydroxylation sites is 1. The average molecular weight is 473 g/mol. The number of carbonyl (C=O) groups is 1. The van der Waals surface area contributed by atoms with Crippen molar-refractivity contribution in [3.63, 3.8) is 0 Å². The number of hydrogen-bond donors (Lipinski definition) is 1. The van der Waals surface area contributed by atoms with Gasteiger partial charge in [-0.1, -0.05) is 53.6 Å². The van der Waals surface area contributed by atoms with Crippen molar-refractivity contribution in [1.29, 1.82) is 0 Å². The van der Waals surface area contributed by atoms with Crippen LogP contribution in [-0.2, 0) is 14.8 Å². The molecule has 1 unspecified atom stereocenters. The van der Waals surface area contributed by atoms with Gasteiger partial charge in [0, 0.05) is 0 Å². The van der Waals surface area contributed by atoms with Gasteiger partial charge in [-0.25, -0.2) is 8.42 Å². The van der Waals surface area contributed by atoms with E-state index in [0.29, 0.717) is 5.75 Å². The van der Waals surface area contributed by atoms with Gasteiger partial charge in [-0.3, -0.25) is 9.10 Å². The fourth-order valence-electron chi connectivity index (χ4n) is 3.18. The molecular weight excluding hydrogens is 448 g/mol. The smallest absolute Gasteiger partial charge is 0.264 e. The van der Waals surface area contributed by atoms with Gasteiger partial charge in [-0.2, -0.15) is 0 Å². The molecule has 32 heavy (non-hydrogen) atoms. The summed E-state index contributed by atoms with van der Waals surface area (Å²) >= 11 is 6.30. The number of rotatable bonds is 8. The Bertz CT molecular complexity index is 1180. The van der Waals surface area contributed by atoms with Crippen LogP contribution in [-0.4, -0.2) is 28.0 Å². The Morgan fingerprint density at radius 3 is 2.25 bits per heavy atom. The number of nitrogens with zero attached hydrogens (tertiary/aromatic N) is 1. The number of amides is 1. The molecule has 0 aliphatic rings. The monoisotopic (exact) mass is 472 g/mol. The van der Waals surface area contributed by atoms with Gasteiger partial charge >= 0.3 is 0 Å². The van der Waals surface area contributed by atoms with Gasteiger partial charge < -0.3 is 10.1 Å². The third-order valence-electron chi connectivity index (χ3n) is 5.01. The molecule has 0 heterocycles. The molecule has 0 aromatic heterocycles. The van der Waals surface area contributed by atoms with E-state index in [-0.39, 0.29) is 21.6 Å². The molecule has 1 amide bonds. The van der Waals surface area contributed by atoms with Crippen molar-refractivity contribution in [2.24, 2.45) is 0 Å². The highest BCUT2D eigenvalue weighted by molar-refractivity contribution is 7.92. The number of carbonyl (C=O) groups excluding carboxylic acids is 1. The van der Waals surface area contributed by atoms with Crippen LogP contribution in [0.3, 0.4) is 0 Å². The molecule has 3 aromatic rings. The number of methoxy groups -OCH3 is 1. The Kier molecular flexibility index (Phi) is 7.43. The second-order valence-electron chi connectivity index (χ2n) is 7.34. The molecule has 3 aromatic carbocycles. The molecule has 0 bridgehead atoms. The van der Waals surface area contributed by atoms with Gasteiger partial charge in [0.15, 0.2) is 0 Å². The topological polar surface area (TPSA) is 75.7 Å². The largest absolute Gasteiger partial charge is 0.497 e. The maximum atomic E-state index is 13.4. The summed E-state index contributed by atoms with van der Waals surface area (Å²) in [4.78, 5) is 13.0. The standard InChI is InChI=1S/C24H25ClN2O4S/c1-17-8-14-21(15-9-17)32(29,30)27(23-7-5-4-6-22(23)25)16-24(28)26-18(2)19-10-12-20(31-3)13-11-19/h4-15,18H,16H2,1-3H3,(H,26,28). The molecule has 1 atom stereocenters. The second-order valence-corrected chi connectivity index (χ2v) is 9.61. The van der Waals surface area contributed by atoms with Gasteiger partial charge in [0.2, 0.25) is 5.91 Å². The van der Waals surface area contributed by atoms with E-state index in [1.165, 1.54) is 12.1 Å². The van der Waals surface area contributed by atoms with Crippen molar-refractivity contribution in [3.8, 4) is 5.75 Å². The number of aryl methyl sites for hydroxylation is 1. The number of nitrogens with one attached hydrogen (secondary N) is 1. The highest BCUT2D eigenvalue weighted by Crippen LogP contribution is 2.30. The summed E-state index contributed by atoms with van der Waals surface area (Å²) in [6, 6.07) is 20.0. The first kappa shape index (κ1) is 23.6. The number of anilines is 1. The van der Waals surface area contributed by atoms with E-state index < -0.39 is 22.5 Å². The van der Waals surface area contributed by atoms with Crippen LogP contribution in [0.4, 0.5) is 5.69 Å². The molecule has 3 rings (SSSR count). The average Bonchev–Trinajstić information content (AvgIpc) is 2.78. The first-order valence-electron chi connectivity index (χ1n) is 9.99. The summed E-state index contributed by atoms with van der Waals surface area (Å²) in [6.45, 7) is 3.28. The van der Waals surface area contributed by atoms with Crippen LogP contribution in [0.1, 0.15) is 24.1 Å². The van der Waals surface area contributed by atoms with Crippen molar-refractivity contribution in [2.45, 2.75) is 24.8 Å². The van der Waals surface area contributed by atoms with E-state index in [1.807, 2.05) is 26.0 Å². The Balaban J connectivity index is 1.87. The van der Waals surface area contributed by atoms with Gasteiger partial charge in [0.1, 0.15) is 12.3 Å². The SMILES string of the molecule is COc1ccc(C(C)NC(=O)CN(c2ccccc2Cl)S(=O)(=O)c2ccc(C)cc2)cc1. The quantitative estimate of drug-likeness (QED) is 0.514. The lowest BCUT2D eigenvalue weighted by Gasteiger charge is -2.26. The van der Waals surface area contributed by atoms with Crippen LogP contribution < -0.4 is 14.4 Å². The molecule has 1 N–H and O–H groups in total. The molecule has 0 fully saturated rings. The van der Waals surface area contributed by atoms with Crippen LogP contribution in [0.2, 0.25) is 5.02 Å². The zero-order valence-electron chi connectivity index (χ0n) is 18.1. The summed E-state index contributed by atoms with van der Waals surface area (Å²) in [5, 5.41) is 3.09. The van der Waals surface area contributed by atoms with Crippen LogP contribution in [0.25, 0.3) is 0 Å². The Labute approximate surface area is 193 Å². The summed E-state index contributed by atoms with van der Waals surface area (Å²) in [5.41, 5.74) is 2.03. The van der Waals surface area contributed by atoms with Crippen molar-refractivity contribution < 1.29 is 17.9 Å². The van der Waals surface area contributed by atoms with E-state index in [9.17, 15) is 13.2 Å². The van der Waals surface area contributed by atoms with Gasteiger partial charge in [-0.15, -0.1) is 0 Å². The first-order valence-corrected chi connectivity index (χ1v) is 11.8. The van der Waals surface area contributed by atoms with E-state index in [2.05, 4.69) is 5.32 Å². The van der Waals surface area contributed by atoms with E-state index >= 15 is 0 Å². The molecule has 0 spiro atoms. The molecule has 168 valence electrons. The van der Waals surface area contributed by atoms with Crippen molar-refractivity contribution in [2.75, 3.05) is 18.0 Å². The van der Waals surface area contributed by atoms with Crippen molar-refractivity contribution in [3.05, 3.63) is 88.9 Å². The normalized spacial score (nSPS) is 12.1. The molecule has 0 radical (unpaired) electrons. The zero-order valence-corrected chi connectivity index (χ0v) is 19.7. The highest BCUT2D eigenvalue weighted by Gasteiger charge is 2.29. The van der Waals surface area contributed by atoms with Crippen LogP contribution in [0, 0.1) is 6.92 Å². The van der Waals surface area contributed by atoms with E-state index in [4.69, 9.17) is 16.3 Å². The lowest BCUT2D eigenvalue weighted by Crippen LogP contribution is -2.41. The Hall–Kier alpha value is -3.03. The van der Waals surface area contributed by atoms with Gasteiger partial charge in [0.25, 0.3) is 10.0 Å². The van der Waals surface area contributed by atoms with Crippen LogP contribution in [0.15, 0.2) is 77.7 Å². The number of benzene rings is 3. The third-order valence-corrected chi connectivity index (χ3v) is 7.10. The Morgan fingerprint density at radius 2 is 1.66 bits per heavy atom. The number of ether oxygens (including phenoxy) is 1. The summed E-state index contributed by atoms with van der Waals surface area (Å²) < 4.78 is 33.1. The minimum atomic E-state index is -4.03. The fraction of sp³-hybridized carbons (Fsp3) is 0.208. The highest BCUT2D eigenvalue weighted by atomic mass is 35.5. The number of halogens is 1. The second kappa shape index (κ2) is 10.1. The number of hydrogen-bond acceptors (Lipinski definition) is 4. The molecule has 8 heteroatoms. The predicted octanol–water partition coefficient (Wildman–Crippen LogP) is 4.73. The third kappa shape index (κ3) is 5.41. The number of sulfonamides is 1. The minimum Gasteiger partial charge on any atom is -0.497 e. The lowest BCUT2D eigenvalue weighted by atomic mass is 10.1. The van der Waals surface area contributed by atoms with Crippen LogP contribution >= 0.6 is 11.6 Å². The molecule has 0 aliphatic carbocycles. The van der Waals surface area contributed by atoms with Crippen LogP contribution in [0.5, 0.6) is 5.75 Å².